The second-order valence-corrected chi connectivity index (χ2v) is 6.43. The van der Waals surface area contributed by atoms with E-state index < -0.39 is 0 Å². The molecule has 23 heavy (non-hydrogen) atoms. The number of pyridine rings is 1. The molecule has 1 aromatic heterocycles. The molecule has 0 aromatic carbocycles. The van der Waals surface area contributed by atoms with Gasteiger partial charge in [0.2, 0.25) is 5.91 Å². The van der Waals surface area contributed by atoms with E-state index in [1.165, 1.54) is 0 Å². The van der Waals surface area contributed by atoms with Crippen molar-refractivity contribution in [1.29, 1.82) is 0 Å². The Morgan fingerprint density at radius 1 is 1.39 bits per heavy atom. The molecule has 1 amide bonds. The lowest BCUT2D eigenvalue weighted by Crippen LogP contribution is -2.38. The van der Waals surface area contributed by atoms with E-state index in [0.29, 0.717) is 12.5 Å². The van der Waals surface area contributed by atoms with Gasteiger partial charge in [-0.3, -0.25) is 9.78 Å². The van der Waals surface area contributed by atoms with E-state index in [1.54, 1.807) is 6.20 Å². The second-order valence-electron chi connectivity index (χ2n) is 6.21. The van der Waals surface area contributed by atoms with Gasteiger partial charge < -0.3 is 5.32 Å². The summed E-state index contributed by atoms with van der Waals surface area (Å²) in [7, 11) is 0. The largest absolute Gasteiger partial charge is 0.355 e. The molecular formula is C18H26ClN3O. The number of carbonyl (C=O) groups excluding carboxylic acids is 1. The van der Waals surface area contributed by atoms with E-state index >= 15 is 0 Å². The lowest BCUT2D eigenvalue weighted by Gasteiger charge is -2.32. The molecule has 1 unspecified atom stereocenters. The van der Waals surface area contributed by atoms with Gasteiger partial charge >= 0.3 is 0 Å². The third-order valence-electron chi connectivity index (χ3n) is 4.68. The van der Waals surface area contributed by atoms with Gasteiger partial charge in [0.15, 0.2) is 0 Å². The summed E-state index contributed by atoms with van der Waals surface area (Å²) in [5, 5.41) is 3.05. The lowest BCUT2D eigenvalue weighted by atomic mass is 9.77. The molecule has 2 rings (SSSR count). The number of hydrogen-bond acceptors (Lipinski definition) is 3. The Hall–Kier alpha value is -1.39. The Morgan fingerprint density at radius 3 is 2.78 bits per heavy atom. The maximum absolute atomic E-state index is 12.3. The Bertz CT molecular complexity index is 486. The highest BCUT2D eigenvalue weighted by Gasteiger charge is 2.29. The molecule has 126 valence electrons. The Kier molecular flexibility index (Phi) is 7.56. The van der Waals surface area contributed by atoms with Crippen LogP contribution in [0.2, 0.25) is 0 Å². The Labute approximate surface area is 143 Å². The van der Waals surface area contributed by atoms with E-state index in [-0.39, 0.29) is 17.9 Å². The molecule has 0 saturated heterocycles. The summed E-state index contributed by atoms with van der Waals surface area (Å²) in [4.78, 5) is 19.4. The molecule has 1 aromatic rings. The van der Waals surface area contributed by atoms with Crippen molar-refractivity contribution in [1.82, 2.24) is 15.1 Å². The van der Waals surface area contributed by atoms with Gasteiger partial charge in [-0.1, -0.05) is 12.1 Å². The van der Waals surface area contributed by atoms with E-state index in [4.69, 9.17) is 11.8 Å². The van der Waals surface area contributed by atoms with Gasteiger partial charge in [-0.15, -0.1) is 6.58 Å². The molecule has 2 N–H and O–H groups in total. The number of halogens is 1. The van der Waals surface area contributed by atoms with Crippen molar-refractivity contribution in [2.24, 2.45) is 11.8 Å². The molecule has 1 aliphatic rings. The first-order chi connectivity index (χ1) is 11.2. The van der Waals surface area contributed by atoms with Crippen LogP contribution in [-0.4, -0.2) is 23.5 Å². The quantitative estimate of drug-likeness (QED) is 0.566. The fourth-order valence-electron chi connectivity index (χ4n) is 3.29. The van der Waals surface area contributed by atoms with Gasteiger partial charge in [-0.2, -0.15) is 0 Å². The number of nitrogens with zero attached hydrogens (tertiary/aromatic N) is 1. The molecule has 0 radical (unpaired) electrons. The van der Waals surface area contributed by atoms with Crippen LogP contribution in [0.5, 0.6) is 0 Å². The number of nitrogens with one attached hydrogen (secondary N) is 2. The molecule has 0 bridgehead atoms. The molecule has 0 spiro atoms. The minimum atomic E-state index is 0.134. The normalized spacial score (nSPS) is 22.3. The van der Waals surface area contributed by atoms with Crippen LogP contribution >= 0.6 is 11.8 Å². The van der Waals surface area contributed by atoms with Crippen LogP contribution in [0.3, 0.4) is 0 Å². The highest BCUT2D eigenvalue weighted by atomic mass is 35.5. The number of aromatic nitrogens is 1. The average molecular weight is 336 g/mol. The van der Waals surface area contributed by atoms with E-state index in [2.05, 4.69) is 21.7 Å². The molecule has 0 aliphatic heterocycles. The van der Waals surface area contributed by atoms with E-state index in [1.807, 2.05) is 24.3 Å². The van der Waals surface area contributed by atoms with Crippen molar-refractivity contribution >= 4 is 17.7 Å². The van der Waals surface area contributed by atoms with Gasteiger partial charge in [0, 0.05) is 36.8 Å². The molecule has 1 heterocycles. The Balaban J connectivity index is 1.70. The van der Waals surface area contributed by atoms with Crippen LogP contribution in [0.1, 0.15) is 37.8 Å². The number of rotatable bonds is 8. The van der Waals surface area contributed by atoms with Crippen molar-refractivity contribution in [2.45, 2.75) is 44.6 Å². The maximum atomic E-state index is 12.3. The number of amides is 1. The number of hydrogen-bond donors (Lipinski definition) is 2. The fourth-order valence-corrected chi connectivity index (χ4v) is 3.56. The van der Waals surface area contributed by atoms with Crippen LogP contribution < -0.4 is 10.2 Å². The first-order valence-electron chi connectivity index (χ1n) is 8.39. The van der Waals surface area contributed by atoms with Gasteiger partial charge in [-0.25, -0.2) is 4.84 Å². The van der Waals surface area contributed by atoms with Gasteiger partial charge in [-0.05, 0) is 61.9 Å². The van der Waals surface area contributed by atoms with Crippen LogP contribution in [-0.2, 0) is 11.2 Å². The third kappa shape index (κ3) is 5.63. The van der Waals surface area contributed by atoms with Gasteiger partial charge in [0.1, 0.15) is 0 Å². The first-order valence-corrected chi connectivity index (χ1v) is 8.77. The predicted molar refractivity (Wildman–Crippen MR) is 94.0 cm³/mol. The number of carbonyl (C=O) groups is 1. The second kappa shape index (κ2) is 9.68. The zero-order valence-electron chi connectivity index (χ0n) is 13.5. The van der Waals surface area contributed by atoms with Crippen molar-refractivity contribution in [3.63, 3.8) is 0 Å². The molecule has 4 nitrogen and oxygen atoms in total. The summed E-state index contributed by atoms with van der Waals surface area (Å²) in [5.41, 5.74) is 1.01. The smallest absolute Gasteiger partial charge is 0.223 e. The SMILES string of the molecule is C=CCC(NCl)C1CCC(C(=O)NCCc2ccccn2)CC1. The van der Waals surface area contributed by atoms with Crippen molar-refractivity contribution in [3.05, 3.63) is 42.7 Å². The summed E-state index contributed by atoms with van der Waals surface area (Å²) in [6.45, 7) is 4.43. The van der Waals surface area contributed by atoms with E-state index in [0.717, 1.165) is 44.2 Å². The third-order valence-corrected chi connectivity index (χ3v) is 4.96. The van der Waals surface area contributed by atoms with E-state index in [9.17, 15) is 4.79 Å². The minimum Gasteiger partial charge on any atom is -0.355 e. The van der Waals surface area contributed by atoms with Crippen LogP contribution in [0, 0.1) is 11.8 Å². The molecule has 1 fully saturated rings. The van der Waals surface area contributed by atoms with Crippen LogP contribution in [0.15, 0.2) is 37.1 Å². The van der Waals surface area contributed by atoms with Crippen molar-refractivity contribution in [3.8, 4) is 0 Å². The monoisotopic (exact) mass is 335 g/mol. The minimum absolute atomic E-state index is 0.134. The molecule has 1 saturated carbocycles. The molecular weight excluding hydrogens is 310 g/mol. The van der Waals surface area contributed by atoms with Crippen LogP contribution in [0.25, 0.3) is 0 Å². The zero-order chi connectivity index (χ0) is 16.5. The van der Waals surface area contributed by atoms with Crippen molar-refractivity contribution in [2.75, 3.05) is 6.54 Å². The lowest BCUT2D eigenvalue weighted by molar-refractivity contribution is -0.126. The van der Waals surface area contributed by atoms with Crippen LogP contribution in [0.4, 0.5) is 0 Å². The zero-order valence-corrected chi connectivity index (χ0v) is 14.3. The summed E-state index contributed by atoms with van der Waals surface area (Å²) in [6.07, 6.45) is 9.28. The fraction of sp³-hybridized carbons (Fsp3) is 0.556. The summed E-state index contributed by atoms with van der Waals surface area (Å²) < 4.78 is 0. The standard InChI is InChI=1S/C18H26ClN3O/c1-2-5-17(22-19)14-7-9-15(10-8-14)18(23)21-13-11-16-6-3-4-12-20-16/h2-4,6,12,14-15,17,22H,1,5,7-11,13H2,(H,21,23). The molecule has 1 aliphatic carbocycles. The Morgan fingerprint density at radius 2 is 2.17 bits per heavy atom. The van der Waals surface area contributed by atoms with Gasteiger partial charge in [0.05, 0.1) is 0 Å². The summed E-state index contributed by atoms with van der Waals surface area (Å²) in [6, 6.07) is 6.12. The average Bonchev–Trinajstić information content (AvgIpc) is 2.60. The predicted octanol–water partition coefficient (Wildman–Crippen LogP) is 3.23. The molecule has 5 heteroatoms. The first kappa shape index (κ1) is 18.0. The topological polar surface area (TPSA) is 54.0 Å². The maximum Gasteiger partial charge on any atom is 0.223 e. The highest BCUT2D eigenvalue weighted by molar-refractivity contribution is 6.13. The van der Waals surface area contributed by atoms with Gasteiger partial charge in [0.25, 0.3) is 0 Å². The molecule has 1 atom stereocenters. The summed E-state index contributed by atoms with van der Waals surface area (Å²) in [5.74, 6) is 0.844. The highest BCUT2D eigenvalue weighted by Crippen LogP contribution is 2.32. The summed E-state index contributed by atoms with van der Waals surface area (Å²) >= 11 is 5.82. The van der Waals surface area contributed by atoms with Crippen molar-refractivity contribution < 1.29 is 4.79 Å².